The maximum absolute atomic E-state index is 13.2. The lowest BCUT2D eigenvalue weighted by Crippen LogP contribution is -2.37. The molecule has 0 saturated carbocycles. The summed E-state index contributed by atoms with van der Waals surface area (Å²) in [5, 5.41) is 0. The Bertz CT molecular complexity index is 528. The molecule has 2 atom stereocenters. The predicted octanol–water partition coefficient (Wildman–Crippen LogP) is 4.79. The van der Waals surface area contributed by atoms with Crippen LogP contribution in [-0.2, 0) is 0 Å². The van der Waals surface area contributed by atoms with E-state index in [1.807, 2.05) is 6.92 Å². The summed E-state index contributed by atoms with van der Waals surface area (Å²) in [6.07, 6.45) is -4.21. The molecule has 0 N–H and O–H groups in total. The van der Waals surface area contributed by atoms with Crippen molar-refractivity contribution in [3.05, 3.63) is 47.0 Å². The highest BCUT2D eigenvalue weighted by molar-refractivity contribution is 5.98. The first-order chi connectivity index (χ1) is 9.30. The van der Waals surface area contributed by atoms with Gasteiger partial charge in [0.1, 0.15) is 0 Å². The number of alkyl halides is 3. The fraction of sp³-hybridized carbons (Fsp3) is 0.438. The number of hydrogen-bond acceptors (Lipinski definition) is 1. The van der Waals surface area contributed by atoms with Gasteiger partial charge in [-0.15, -0.1) is 0 Å². The zero-order valence-electron chi connectivity index (χ0n) is 11.5. The second-order valence-corrected chi connectivity index (χ2v) is 5.45. The lowest BCUT2D eigenvalue weighted by Gasteiger charge is -2.33. The highest BCUT2D eigenvalue weighted by Crippen LogP contribution is 2.44. The Labute approximate surface area is 116 Å². The molecule has 4 heteroatoms. The van der Waals surface area contributed by atoms with Crippen molar-refractivity contribution in [2.24, 2.45) is 11.8 Å². The minimum absolute atomic E-state index is 0.0709. The number of hydrogen-bond donors (Lipinski definition) is 0. The maximum Gasteiger partial charge on any atom is 0.392 e. The van der Waals surface area contributed by atoms with E-state index in [1.54, 1.807) is 37.3 Å². The normalized spacial score (nSPS) is 23.9. The summed E-state index contributed by atoms with van der Waals surface area (Å²) in [5.41, 5.74) is 2.02. The maximum atomic E-state index is 13.2. The number of benzene rings is 1. The summed E-state index contributed by atoms with van der Waals surface area (Å²) in [5.74, 6) is -2.97. The minimum Gasteiger partial charge on any atom is -0.294 e. The molecule has 0 aliphatic heterocycles. The molecule has 0 aromatic heterocycles. The third kappa shape index (κ3) is 2.94. The van der Waals surface area contributed by atoms with Crippen molar-refractivity contribution in [2.75, 3.05) is 0 Å². The van der Waals surface area contributed by atoms with Gasteiger partial charge in [-0.25, -0.2) is 0 Å². The van der Waals surface area contributed by atoms with E-state index in [1.165, 1.54) is 0 Å². The number of allylic oxidation sites excluding steroid dienone is 2. The summed E-state index contributed by atoms with van der Waals surface area (Å²) >= 11 is 0. The standard InChI is InChI=1S/C16H17F3O/c1-10-8-13(14(9-11(10)2)16(17,18)19)15(20)12-6-4-3-5-7-12/h3-7,13-14H,8-9H2,1-2H3/t13-,14-/m0/s1. The number of carbonyl (C=O) groups is 1. The quantitative estimate of drug-likeness (QED) is 0.563. The van der Waals surface area contributed by atoms with E-state index in [9.17, 15) is 18.0 Å². The van der Waals surface area contributed by atoms with Gasteiger partial charge in [0.2, 0.25) is 0 Å². The molecule has 1 aliphatic carbocycles. The van der Waals surface area contributed by atoms with Crippen LogP contribution >= 0.6 is 0 Å². The molecule has 0 spiro atoms. The Morgan fingerprint density at radius 3 is 2.15 bits per heavy atom. The Balaban J connectivity index is 2.35. The Morgan fingerprint density at radius 1 is 1.05 bits per heavy atom. The van der Waals surface area contributed by atoms with Crippen molar-refractivity contribution in [3.63, 3.8) is 0 Å². The summed E-state index contributed by atoms with van der Waals surface area (Å²) in [6, 6.07) is 8.25. The topological polar surface area (TPSA) is 17.1 Å². The summed E-state index contributed by atoms with van der Waals surface area (Å²) in [6.45, 7) is 3.53. The van der Waals surface area contributed by atoms with E-state index >= 15 is 0 Å². The van der Waals surface area contributed by atoms with Gasteiger partial charge in [-0.1, -0.05) is 41.5 Å². The molecule has 0 unspecified atom stereocenters. The van der Waals surface area contributed by atoms with Gasteiger partial charge < -0.3 is 0 Å². The molecule has 0 bridgehead atoms. The second-order valence-electron chi connectivity index (χ2n) is 5.45. The van der Waals surface area contributed by atoms with E-state index in [-0.39, 0.29) is 12.8 Å². The minimum atomic E-state index is -4.34. The molecule has 0 fully saturated rings. The lowest BCUT2D eigenvalue weighted by molar-refractivity contribution is -0.185. The number of ketones is 1. The monoisotopic (exact) mass is 282 g/mol. The van der Waals surface area contributed by atoms with Crippen molar-refractivity contribution < 1.29 is 18.0 Å². The zero-order valence-corrected chi connectivity index (χ0v) is 11.5. The van der Waals surface area contributed by atoms with Gasteiger partial charge in [0, 0.05) is 11.5 Å². The molecule has 2 rings (SSSR count). The molecule has 20 heavy (non-hydrogen) atoms. The number of Topliss-reactive ketones (excluding diaryl/α,β-unsaturated/α-hetero) is 1. The van der Waals surface area contributed by atoms with Crippen LogP contribution in [0.1, 0.15) is 37.0 Å². The molecule has 0 radical (unpaired) electrons. The van der Waals surface area contributed by atoms with Crippen LogP contribution in [0.2, 0.25) is 0 Å². The van der Waals surface area contributed by atoms with Crippen LogP contribution < -0.4 is 0 Å². The van der Waals surface area contributed by atoms with Crippen molar-refractivity contribution in [3.8, 4) is 0 Å². The molecular formula is C16H17F3O. The summed E-state index contributed by atoms with van der Waals surface area (Å²) in [4.78, 5) is 12.4. The summed E-state index contributed by atoms with van der Waals surface area (Å²) in [7, 11) is 0. The fourth-order valence-electron chi connectivity index (χ4n) is 2.73. The smallest absolute Gasteiger partial charge is 0.294 e. The van der Waals surface area contributed by atoms with Crippen molar-refractivity contribution in [2.45, 2.75) is 32.9 Å². The van der Waals surface area contributed by atoms with Gasteiger partial charge >= 0.3 is 6.18 Å². The predicted molar refractivity (Wildman–Crippen MR) is 71.4 cm³/mol. The molecule has 1 nitrogen and oxygen atoms in total. The highest BCUT2D eigenvalue weighted by atomic mass is 19.4. The first-order valence-electron chi connectivity index (χ1n) is 6.62. The van der Waals surface area contributed by atoms with Crippen LogP contribution in [0, 0.1) is 11.8 Å². The van der Waals surface area contributed by atoms with Gasteiger partial charge in [0.25, 0.3) is 0 Å². The van der Waals surface area contributed by atoms with E-state index in [0.29, 0.717) is 5.56 Å². The van der Waals surface area contributed by atoms with Crippen LogP contribution in [0.15, 0.2) is 41.5 Å². The van der Waals surface area contributed by atoms with E-state index in [2.05, 4.69) is 0 Å². The molecule has 0 heterocycles. The Hall–Kier alpha value is -1.58. The average molecular weight is 282 g/mol. The molecule has 1 aromatic carbocycles. The lowest BCUT2D eigenvalue weighted by atomic mass is 9.73. The molecule has 108 valence electrons. The van der Waals surface area contributed by atoms with E-state index in [0.717, 1.165) is 11.1 Å². The van der Waals surface area contributed by atoms with Crippen molar-refractivity contribution in [1.29, 1.82) is 0 Å². The molecular weight excluding hydrogens is 265 g/mol. The molecule has 1 aromatic rings. The summed E-state index contributed by atoms with van der Waals surface area (Å²) < 4.78 is 39.6. The van der Waals surface area contributed by atoms with Gasteiger partial charge in [-0.2, -0.15) is 13.2 Å². The van der Waals surface area contributed by atoms with Gasteiger partial charge in [-0.05, 0) is 26.7 Å². The molecule has 0 saturated heterocycles. The van der Waals surface area contributed by atoms with Crippen LogP contribution in [0.4, 0.5) is 13.2 Å². The van der Waals surface area contributed by atoms with E-state index < -0.39 is 23.8 Å². The number of carbonyl (C=O) groups excluding carboxylic acids is 1. The molecule has 1 aliphatic rings. The van der Waals surface area contributed by atoms with Crippen LogP contribution in [0.5, 0.6) is 0 Å². The molecule has 0 amide bonds. The first-order valence-corrected chi connectivity index (χ1v) is 6.62. The van der Waals surface area contributed by atoms with Gasteiger partial charge in [0.15, 0.2) is 5.78 Å². The average Bonchev–Trinajstić information content (AvgIpc) is 2.40. The van der Waals surface area contributed by atoms with Gasteiger partial charge in [0.05, 0.1) is 5.92 Å². The zero-order chi connectivity index (χ0) is 14.9. The third-order valence-corrected chi connectivity index (χ3v) is 4.08. The van der Waals surface area contributed by atoms with Crippen LogP contribution in [0.3, 0.4) is 0 Å². The Morgan fingerprint density at radius 2 is 1.60 bits per heavy atom. The van der Waals surface area contributed by atoms with Crippen LogP contribution in [-0.4, -0.2) is 12.0 Å². The fourth-order valence-corrected chi connectivity index (χ4v) is 2.73. The SMILES string of the molecule is CC1=C(C)C[C@H](C(F)(F)F)[C@@H](C(=O)c2ccccc2)C1. The first kappa shape index (κ1) is 14.8. The number of rotatable bonds is 2. The largest absolute Gasteiger partial charge is 0.392 e. The van der Waals surface area contributed by atoms with Crippen molar-refractivity contribution >= 4 is 5.78 Å². The van der Waals surface area contributed by atoms with Crippen LogP contribution in [0.25, 0.3) is 0 Å². The second kappa shape index (κ2) is 5.43. The van der Waals surface area contributed by atoms with Gasteiger partial charge in [-0.3, -0.25) is 4.79 Å². The number of halogens is 3. The van der Waals surface area contributed by atoms with E-state index in [4.69, 9.17) is 0 Å². The van der Waals surface area contributed by atoms with Crippen molar-refractivity contribution in [1.82, 2.24) is 0 Å². The highest BCUT2D eigenvalue weighted by Gasteiger charge is 2.48. The Kier molecular flexibility index (Phi) is 4.02. The third-order valence-electron chi connectivity index (χ3n) is 4.08.